The molecule has 0 saturated carbocycles. The fourth-order valence-corrected chi connectivity index (χ4v) is 2.75. The van der Waals surface area contributed by atoms with E-state index in [0.717, 1.165) is 6.07 Å². The number of hydrogen-bond donors (Lipinski definition) is 0. The minimum Gasteiger partial charge on any atom is -0.465 e. The van der Waals surface area contributed by atoms with E-state index in [-0.39, 0.29) is 23.6 Å². The van der Waals surface area contributed by atoms with E-state index < -0.39 is 57.4 Å². The maximum atomic E-state index is 14.2. The maximum absolute atomic E-state index is 14.2. The predicted octanol–water partition coefficient (Wildman–Crippen LogP) is 5.55. The van der Waals surface area contributed by atoms with E-state index in [4.69, 9.17) is 23.2 Å². The summed E-state index contributed by atoms with van der Waals surface area (Å²) < 4.78 is 86.8. The van der Waals surface area contributed by atoms with Crippen LogP contribution in [0.1, 0.15) is 12.5 Å². The lowest BCUT2D eigenvalue weighted by Gasteiger charge is -2.14. The zero-order valence-corrected chi connectivity index (χ0v) is 15.0. The zero-order chi connectivity index (χ0) is 20.5. The Morgan fingerprint density at radius 1 is 1.00 bits per heavy atom. The van der Waals surface area contributed by atoms with Crippen LogP contribution >= 0.6 is 23.2 Å². The Hall–Kier alpha value is -1.93. The summed E-state index contributed by atoms with van der Waals surface area (Å²) in [5.41, 5.74) is -2.43. The van der Waals surface area contributed by atoms with Crippen LogP contribution in [0.3, 0.4) is 0 Å². The lowest BCUT2D eigenvalue weighted by atomic mass is 9.98. The standard InChI is InChI=1S/C17H10Cl2F6O2/c1-2-27-17(26)9(19)4-6-3-7(10(20)5-8(6)18)11-12(21)14(23)16(25)15(24)13(11)22/h3,5,9H,2,4H2,1H3/t9-/m0/s1. The molecule has 0 saturated heterocycles. The topological polar surface area (TPSA) is 26.3 Å². The molecule has 1 atom stereocenters. The van der Waals surface area contributed by atoms with Gasteiger partial charge in [0.2, 0.25) is 5.82 Å². The average molecular weight is 431 g/mol. The van der Waals surface area contributed by atoms with Gasteiger partial charge in [-0.1, -0.05) is 11.6 Å². The molecule has 0 unspecified atom stereocenters. The molecule has 2 rings (SSSR count). The van der Waals surface area contributed by atoms with Crippen LogP contribution in [0, 0.1) is 34.9 Å². The van der Waals surface area contributed by atoms with Crippen molar-refractivity contribution in [3.63, 3.8) is 0 Å². The first-order valence-corrected chi connectivity index (χ1v) is 8.21. The molecule has 0 radical (unpaired) electrons. The van der Waals surface area contributed by atoms with Gasteiger partial charge in [0.05, 0.1) is 12.2 Å². The highest BCUT2D eigenvalue weighted by atomic mass is 35.5. The van der Waals surface area contributed by atoms with E-state index >= 15 is 0 Å². The third kappa shape index (κ3) is 4.16. The van der Waals surface area contributed by atoms with Gasteiger partial charge in [0.1, 0.15) is 11.2 Å². The Morgan fingerprint density at radius 3 is 2.04 bits per heavy atom. The number of carbonyl (C=O) groups excluding carboxylic acids is 1. The van der Waals surface area contributed by atoms with E-state index in [1.54, 1.807) is 0 Å². The van der Waals surface area contributed by atoms with Gasteiger partial charge in [-0.3, -0.25) is 4.79 Å². The average Bonchev–Trinajstić information content (AvgIpc) is 2.62. The fourth-order valence-electron chi connectivity index (χ4n) is 2.29. The molecule has 0 heterocycles. The number of rotatable bonds is 5. The zero-order valence-electron chi connectivity index (χ0n) is 13.5. The largest absolute Gasteiger partial charge is 0.465 e. The lowest BCUT2D eigenvalue weighted by molar-refractivity contribution is -0.142. The Balaban J connectivity index is 2.59. The second-order valence-corrected chi connectivity index (χ2v) is 6.23. The molecule has 0 aliphatic carbocycles. The van der Waals surface area contributed by atoms with Gasteiger partial charge in [-0.25, -0.2) is 26.3 Å². The van der Waals surface area contributed by atoms with Crippen molar-refractivity contribution in [3.05, 3.63) is 57.6 Å². The smallest absolute Gasteiger partial charge is 0.324 e. The van der Waals surface area contributed by atoms with Crippen molar-refractivity contribution in [2.24, 2.45) is 0 Å². The van der Waals surface area contributed by atoms with Gasteiger partial charge >= 0.3 is 5.97 Å². The number of hydrogen-bond acceptors (Lipinski definition) is 2. The van der Waals surface area contributed by atoms with Gasteiger partial charge in [0, 0.05) is 17.0 Å². The van der Waals surface area contributed by atoms with Crippen LogP contribution in [0.25, 0.3) is 11.1 Å². The first-order chi connectivity index (χ1) is 12.6. The Morgan fingerprint density at radius 2 is 1.52 bits per heavy atom. The molecular weight excluding hydrogens is 421 g/mol. The summed E-state index contributed by atoms with van der Waals surface area (Å²) in [6.07, 6.45) is -0.331. The van der Waals surface area contributed by atoms with Crippen LogP contribution in [-0.4, -0.2) is 18.0 Å². The molecule has 27 heavy (non-hydrogen) atoms. The fraction of sp³-hybridized carbons (Fsp3) is 0.235. The van der Waals surface area contributed by atoms with Crippen LogP contribution in [-0.2, 0) is 16.0 Å². The number of carbonyl (C=O) groups is 1. The summed E-state index contributed by atoms with van der Waals surface area (Å²) in [6.45, 7) is 1.57. The molecule has 0 amide bonds. The lowest BCUT2D eigenvalue weighted by Crippen LogP contribution is -2.20. The van der Waals surface area contributed by atoms with Gasteiger partial charge in [0.15, 0.2) is 23.3 Å². The second kappa shape index (κ2) is 8.39. The first kappa shape index (κ1) is 21.4. The van der Waals surface area contributed by atoms with E-state index in [0.29, 0.717) is 6.07 Å². The number of ether oxygens (including phenoxy) is 1. The molecule has 10 heteroatoms. The predicted molar refractivity (Wildman–Crippen MR) is 86.6 cm³/mol. The summed E-state index contributed by atoms with van der Waals surface area (Å²) in [6, 6.07) is 1.39. The van der Waals surface area contributed by atoms with Gasteiger partial charge < -0.3 is 4.74 Å². The number of alkyl halides is 1. The van der Waals surface area contributed by atoms with Crippen LogP contribution in [0.5, 0.6) is 0 Å². The summed E-state index contributed by atoms with van der Waals surface area (Å²) in [7, 11) is 0. The van der Waals surface area contributed by atoms with Gasteiger partial charge in [-0.05, 0) is 24.6 Å². The van der Waals surface area contributed by atoms with Gasteiger partial charge in [0.25, 0.3) is 0 Å². The Labute approximate surface area is 159 Å². The van der Waals surface area contributed by atoms with Crippen molar-refractivity contribution in [1.29, 1.82) is 0 Å². The van der Waals surface area contributed by atoms with E-state index in [9.17, 15) is 31.1 Å². The minimum absolute atomic E-state index is 0.0367. The monoisotopic (exact) mass is 430 g/mol. The van der Waals surface area contributed by atoms with Crippen molar-refractivity contribution in [2.45, 2.75) is 18.7 Å². The molecule has 2 nitrogen and oxygen atoms in total. The van der Waals surface area contributed by atoms with E-state index in [1.165, 1.54) is 6.92 Å². The molecule has 0 spiro atoms. The molecule has 0 aromatic heterocycles. The normalized spacial score (nSPS) is 12.2. The molecular formula is C17H10Cl2F6O2. The summed E-state index contributed by atoms with van der Waals surface area (Å²) in [4.78, 5) is 11.6. The van der Waals surface area contributed by atoms with E-state index in [2.05, 4.69) is 4.74 Å². The Kier molecular flexibility index (Phi) is 6.64. The van der Waals surface area contributed by atoms with Crippen LogP contribution in [0.15, 0.2) is 12.1 Å². The maximum Gasteiger partial charge on any atom is 0.324 e. The SMILES string of the molecule is CCOC(=O)[C@@H](Cl)Cc1cc(-c2c(F)c(F)c(F)c(F)c2F)c(F)cc1Cl. The third-order valence-corrected chi connectivity index (χ3v) is 4.24. The molecule has 146 valence electrons. The van der Waals surface area contributed by atoms with Crippen LogP contribution in [0.2, 0.25) is 5.02 Å². The summed E-state index contributed by atoms with van der Waals surface area (Å²) in [5, 5.41) is -1.52. The highest BCUT2D eigenvalue weighted by molar-refractivity contribution is 6.32. The first-order valence-electron chi connectivity index (χ1n) is 7.40. The van der Waals surface area contributed by atoms with Crippen LogP contribution < -0.4 is 0 Å². The van der Waals surface area contributed by atoms with Gasteiger partial charge in [-0.15, -0.1) is 11.6 Å². The molecule has 0 aliphatic heterocycles. The van der Waals surface area contributed by atoms with Gasteiger partial charge in [-0.2, -0.15) is 0 Å². The van der Waals surface area contributed by atoms with Crippen molar-refractivity contribution < 1.29 is 35.9 Å². The van der Waals surface area contributed by atoms with Crippen LogP contribution in [0.4, 0.5) is 26.3 Å². The molecule has 2 aromatic carbocycles. The number of halogens is 8. The van der Waals surface area contributed by atoms with Crippen molar-refractivity contribution in [3.8, 4) is 11.1 Å². The minimum atomic E-state index is -2.37. The number of esters is 1. The second-order valence-electron chi connectivity index (χ2n) is 5.29. The Bertz CT molecular complexity index is 875. The molecule has 0 N–H and O–H groups in total. The quantitative estimate of drug-likeness (QED) is 0.204. The van der Waals surface area contributed by atoms with Crippen molar-refractivity contribution >= 4 is 29.2 Å². The highest BCUT2D eigenvalue weighted by Gasteiger charge is 2.29. The molecule has 0 fully saturated rings. The van der Waals surface area contributed by atoms with E-state index in [1.807, 2.05) is 0 Å². The number of benzene rings is 2. The highest BCUT2D eigenvalue weighted by Crippen LogP contribution is 2.36. The third-order valence-electron chi connectivity index (χ3n) is 3.56. The summed E-state index contributed by atoms with van der Waals surface area (Å²) >= 11 is 11.7. The molecule has 0 aliphatic rings. The van der Waals surface area contributed by atoms with Crippen molar-refractivity contribution in [2.75, 3.05) is 6.61 Å². The molecule has 0 bridgehead atoms. The summed E-state index contributed by atoms with van der Waals surface area (Å²) in [5.74, 6) is -13.4. The molecule has 2 aromatic rings. The van der Waals surface area contributed by atoms with Crippen molar-refractivity contribution in [1.82, 2.24) is 0 Å².